The van der Waals surface area contributed by atoms with Crippen LogP contribution in [0.15, 0.2) is 24.3 Å². The molecule has 7 heteroatoms. The van der Waals surface area contributed by atoms with Crippen molar-refractivity contribution >= 4 is 5.91 Å². The summed E-state index contributed by atoms with van der Waals surface area (Å²) in [6, 6.07) is 6.44. The fourth-order valence-electron chi connectivity index (χ4n) is 4.20. The molecule has 0 N–H and O–H groups in total. The third-order valence-electron chi connectivity index (χ3n) is 5.38. The second-order valence-electron chi connectivity index (χ2n) is 7.00. The number of likely N-dealkylation sites (tertiary alicyclic amines) is 1. The van der Waals surface area contributed by atoms with Gasteiger partial charge in [0.2, 0.25) is 11.7 Å². The number of fused-ring (bicyclic) bond motifs is 1. The molecular formula is C18H22FN5O. The van der Waals surface area contributed by atoms with Crippen LogP contribution in [0.2, 0.25) is 0 Å². The fraction of sp³-hybridized carbons (Fsp3) is 0.556. The molecule has 2 heterocycles. The van der Waals surface area contributed by atoms with Gasteiger partial charge in [-0.05, 0) is 48.9 Å². The Balaban J connectivity index is 1.46. The Morgan fingerprint density at radius 2 is 2.04 bits per heavy atom. The highest BCUT2D eigenvalue weighted by Crippen LogP contribution is 2.35. The van der Waals surface area contributed by atoms with E-state index in [-0.39, 0.29) is 18.3 Å². The van der Waals surface area contributed by atoms with E-state index in [0.29, 0.717) is 23.3 Å². The number of carbonyl (C=O) groups excluding carboxylic acids is 1. The predicted molar refractivity (Wildman–Crippen MR) is 89.9 cm³/mol. The fourth-order valence-corrected chi connectivity index (χ4v) is 4.20. The molecule has 4 rings (SSSR count). The third-order valence-corrected chi connectivity index (χ3v) is 5.38. The largest absolute Gasteiger partial charge is 0.338 e. The van der Waals surface area contributed by atoms with E-state index in [9.17, 15) is 9.18 Å². The van der Waals surface area contributed by atoms with E-state index in [0.717, 1.165) is 19.4 Å². The van der Waals surface area contributed by atoms with Crippen LogP contribution in [0.25, 0.3) is 11.4 Å². The van der Waals surface area contributed by atoms with Gasteiger partial charge in [-0.2, -0.15) is 4.80 Å². The lowest BCUT2D eigenvalue weighted by Gasteiger charge is -2.44. The molecule has 0 spiro atoms. The topological polar surface area (TPSA) is 63.9 Å². The Bertz CT molecular complexity index is 759. The van der Waals surface area contributed by atoms with Crippen LogP contribution in [-0.2, 0) is 11.3 Å². The highest BCUT2D eigenvalue weighted by atomic mass is 19.1. The zero-order chi connectivity index (χ0) is 17.2. The van der Waals surface area contributed by atoms with Crippen molar-refractivity contribution < 1.29 is 9.18 Å². The monoisotopic (exact) mass is 343 g/mol. The summed E-state index contributed by atoms with van der Waals surface area (Å²) in [6.07, 6.45) is 7.14. The molecule has 1 saturated heterocycles. The number of hydrogen-bond acceptors (Lipinski definition) is 4. The first-order chi connectivity index (χ1) is 12.2. The third kappa shape index (κ3) is 3.41. The molecule has 1 amide bonds. The summed E-state index contributed by atoms with van der Waals surface area (Å²) in [4.78, 5) is 16.1. The van der Waals surface area contributed by atoms with E-state index in [1.54, 1.807) is 12.1 Å². The number of piperidine rings is 1. The van der Waals surface area contributed by atoms with Crippen molar-refractivity contribution in [3.05, 3.63) is 30.1 Å². The van der Waals surface area contributed by atoms with Gasteiger partial charge in [0.15, 0.2) is 0 Å². The quantitative estimate of drug-likeness (QED) is 0.859. The maximum absolute atomic E-state index is 13.3. The molecule has 1 saturated carbocycles. The highest BCUT2D eigenvalue weighted by Gasteiger charge is 2.35. The van der Waals surface area contributed by atoms with Crippen molar-refractivity contribution in [3.63, 3.8) is 0 Å². The van der Waals surface area contributed by atoms with E-state index in [4.69, 9.17) is 0 Å². The van der Waals surface area contributed by atoms with E-state index in [1.165, 1.54) is 42.6 Å². The average molecular weight is 343 g/mol. The minimum atomic E-state index is -0.346. The molecule has 0 unspecified atom stereocenters. The van der Waals surface area contributed by atoms with E-state index < -0.39 is 0 Å². The van der Waals surface area contributed by atoms with Crippen LogP contribution in [0.4, 0.5) is 4.39 Å². The van der Waals surface area contributed by atoms with Gasteiger partial charge in [-0.3, -0.25) is 4.79 Å². The summed E-state index contributed by atoms with van der Waals surface area (Å²) in [6.45, 7) is 0.914. The van der Waals surface area contributed by atoms with Gasteiger partial charge in [-0.25, -0.2) is 4.39 Å². The van der Waals surface area contributed by atoms with E-state index in [2.05, 4.69) is 15.4 Å². The normalized spacial score (nSPS) is 23.3. The Morgan fingerprint density at radius 3 is 2.92 bits per heavy atom. The van der Waals surface area contributed by atoms with Gasteiger partial charge < -0.3 is 4.90 Å². The van der Waals surface area contributed by atoms with Gasteiger partial charge in [-0.1, -0.05) is 25.0 Å². The Labute approximate surface area is 146 Å². The molecule has 1 aromatic heterocycles. The van der Waals surface area contributed by atoms with Crippen LogP contribution in [0.3, 0.4) is 0 Å². The van der Waals surface area contributed by atoms with Crippen LogP contribution in [0, 0.1) is 11.7 Å². The zero-order valence-corrected chi connectivity index (χ0v) is 14.1. The van der Waals surface area contributed by atoms with Crippen molar-refractivity contribution in [2.75, 3.05) is 6.54 Å². The lowest BCUT2D eigenvalue weighted by atomic mass is 9.78. The lowest BCUT2D eigenvalue weighted by molar-refractivity contribution is -0.138. The first-order valence-corrected chi connectivity index (χ1v) is 9.04. The molecule has 0 bridgehead atoms. The van der Waals surface area contributed by atoms with Crippen molar-refractivity contribution in [2.45, 2.75) is 51.1 Å². The van der Waals surface area contributed by atoms with Crippen molar-refractivity contribution in [1.29, 1.82) is 0 Å². The molecule has 0 radical (unpaired) electrons. The summed E-state index contributed by atoms with van der Waals surface area (Å²) in [5.74, 6) is 0.695. The number of halogens is 1. The number of aromatic nitrogens is 4. The SMILES string of the molecule is O=C(Cn1nnc(-c2cccc(F)c2)n1)N1CCC[C@@H]2CCCC[C@@H]21. The zero-order valence-electron chi connectivity index (χ0n) is 14.1. The van der Waals surface area contributed by atoms with Crippen molar-refractivity contribution in [2.24, 2.45) is 5.92 Å². The molecule has 132 valence electrons. The first kappa shape index (κ1) is 16.2. The molecule has 2 atom stereocenters. The van der Waals surface area contributed by atoms with Crippen molar-refractivity contribution in [1.82, 2.24) is 25.1 Å². The maximum atomic E-state index is 13.3. The van der Waals surface area contributed by atoms with E-state index in [1.807, 2.05) is 4.90 Å². The molecule has 2 aliphatic rings. The lowest BCUT2D eigenvalue weighted by Crippen LogP contribution is -2.50. The van der Waals surface area contributed by atoms with Gasteiger partial charge >= 0.3 is 0 Å². The summed E-state index contributed by atoms with van der Waals surface area (Å²) in [5.41, 5.74) is 0.559. The summed E-state index contributed by atoms with van der Waals surface area (Å²) in [7, 11) is 0. The van der Waals surface area contributed by atoms with E-state index >= 15 is 0 Å². The van der Waals surface area contributed by atoms with Crippen LogP contribution < -0.4 is 0 Å². The van der Waals surface area contributed by atoms with Crippen LogP contribution >= 0.6 is 0 Å². The molecule has 25 heavy (non-hydrogen) atoms. The van der Waals surface area contributed by atoms with Gasteiger partial charge in [0, 0.05) is 18.2 Å². The molecular weight excluding hydrogens is 321 g/mol. The second kappa shape index (κ2) is 6.90. The van der Waals surface area contributed by atoms with Crippen LogP contribution in [-0.4, -0.2) is 43.6 Å². The van der Waals surface area contributed by atoms with Crippen LogP contribution in [0.1, 0.15) is 38.5 Å². The smallest absolute Gasteiger partial charge is 0.246 e. The molecule has 1 aromatic carbocycles. The minimum absolute atomic E-state index is 0.0554. The van der Waals surface area contributed by atoms with Gasteiger partial charge in [0.25, 0.3) is 0 Å². The molecule has 2 fully saturated rings. The summed E-state index contributed by atoms with van der Waals surface area (Å²) in [5, 5.41) is 12.2. The van der Waals surface area contributed by atoms with Crippen LogP contribution in [0.5, 0.6) is 0 Å². The van der Waals surface area contributed by atoms with Gasteiger partial charge in [0.05, 0.1) is 0 Å². The number of amides is 1. The van der Waals surface area contributed by atoms with Gasteiger partial charge in [-0.15, -0.1) is 10.2 Å². The van der Waals surface area contributed by atoms with Crippen molar-refractivity contribution in [3.8, 4) is 11.4 Å². The van der Waals surface area contributed by atoms with Gasteiger partial charge in [0.1, 0.15) is 12.4 Å². The number of tetrazole rings is 1. The number of carbonyl (C=O) groups is 1. The number of hydrogen-bond donors (Lipinski definition) is 0. The standard InChI is InChI=1S/C18H22FN5O/c19-15-8-3-6-14(11-15)18-20-22-24(21-18)12-17(25)23-10-4-7-13-5-1-2-9-16(13)23/h3,6,8,11,13,16H,1-2,4-5,7,9-10,12H2/t13-,16-/m0/s1. The molecule has 6 nitrogen and oxygen atoms in total. The molecule has 2 aromatic rings. The average Bonchev–Trinajstić information content (AvgIpc) is 3.10. The minimum Gasteiger partial charge on any atom is -0.338 e. The Hall–Kier alpha value is -2.31. The Kier molecular flexibility index (Phi) is 4.46. The highest BCUT2D eigenvalue weighted by molar-refractivity contribution is 5.76. The summed E-state index contributed by atoms with van der Waals surface area (Å²) < 4.78 is 13.3. The number of nitrogens with zero attached hydrogens (tertiary/aromatic N) is 5. The maximum Gasteiger partial charge on any atom is 0.246 e. The first-order valence-electron chi connectivity index (χ1n) is 9.04. The predicted octanol–water partition coefficient (Wildman–Crippen LogP) is 2.66. The second-order valence-corrected chi connectivity index (χ2v) is 7.00. The number of rotatable bonds is 3. The summed E-state index contributed by atoms with van der Waals surface area (Å²) >= 11 is 0. The molecule has 1 aliphatic carbocycles. The molecule has 1 aliphatic heterocycles. The number of benzene rings is 1. The Morgan fingerprint density at radius 1 is 1.20 bits per heavy atom.